The summed E-state index contributed by atoms with van der Waals surface area (Å²) >= 11 is 1.89. The lowest BCUT2D eigenvalue weighted by Crippen LogP contribution is -2.32. The van der Waals surface area contributed by atoms with Crippen molar-refractivity contribution in [1.29, 1.82) is 0 Å². The van der Waals surface area contributed by atoms with Crippen molar-refractivity contribution in [2.75, 3.05) is 13.1 Å². The second-order valence-electron chi connectivity index (χ2n) is 5.11. The van der Waals surface area contributed by atoms with Crippen LogP contribution in [0.3, 0.4) is 0 Å². The molecule has 2 atom stereocenters. The second kappa shape index (κ2) is 5.87. The number of aliphatic imine (C=N–C) groups is 1. The fourth-order valence-electron chi connectivity index (χ4n) is 2.56. The van der Waals surface area contributed by atoms with Crippen LogP contribution in [0.2, 0.25) is 0 Å². The Labute approximate surface area is 118 Å². The third kappa shape index (κ3) is 3.06. The van der Waals surface area contributed by atoms with E-state index < -0.39 is 0 Å². The fraction of sp³-hybridized carbons (Fsp3) is 0.533. The molecule has 3 rings (SSSR count). The molecule has 2 unspecified atom stereocenters. The molecule has 0 aromatic heterocycles. The quantitative estimate of drug-likeness (QED) is 0.918. The van der Waals surface area contributed by atoms with Gasteiger partial charge >= 0.3 is 0 Å². The molecule has 2 heterocycles. The summed E-state index contributed by atoms with van der Waals surface area (Å²) in [5, 5.41) is 5.21. The number of ether oxygens (including phenoxy) is 1. The first kappa shape index (κ1) is 12.9. The maximum atomic E-state index is 5.91. The molecule has 0 saturated carbocycles. The van der Waals surface area contributed by atoms with Gasteiger partial charge in [-0.2, -0.15) is 0 Å². The lowest BCUT2D eigenvalue weighted by atomic mass is 10.1. The van der Waals surface area contributed by atoms with Gasteiger partial charge in [-0.1, -0.05) is 43.3 Å². The normalized spacial score (nSPS) is 24.8. The monoisotopic (exact) mass is 276 g/mol. The van der Waals surface area contributed by atoms with Crippen molar-refractivity contribution < 1.29 is 4.74 Å². The molecule has 1 aromatic carbocycles. The summed E-state index contributed by atoms with van der Waals surface area (Å²) in [4.78, 5) is 4.56. The summed E-state index contributed by atoms with van der Waals surface area (Å²) in [5.41, 5.74) is 1.32. The minimum absolute atomic E-state index is 0.242. The molecule has 0 saturated heterocycles. The number of benzene rings is 1. The van der Waals surface area contributed by atoms with Crippen LogP contribution in [0, 0.1) is 0 Å². The van der Waals surface area contributed by atoms with E-state index in [1.807, 2.05) is 17.8 Å². The van der Waals surface area contributed by atoms with E-state index in [0.29, 0.717) is 5.25 Å². The molecule has 0 amide bonds. The number of nitrogens with zero attached hydrogens (tertiary/aromatic N) is 1. The smallest absolute Gasteiger partial charge is 0.157 e. The van der Waals surface area contributed by atoms with E-state index in [0.717, 1.165) is 30.4 Å². The number of nitrogens with one attached hydrogen (secondary N) is 1. The average molecular weight is 276 g/mol. The van der Waals surface area contributed by atoms with Crippen LogP contribution in [0.25, 0.3) is 0 Å². The van der Waals surface area contributed by atoms with Gasteiger partial charge in [-0.05, 0) is 18.1 Å². The van der Waals surface area contributed by atoms with E-state index >= 15 is 0 Å². The number of fused-ring (bicyclic) bond motifs is 1. The van der Waals surface area contributed by atoms with Crippen molar-refractivity contribution in [3.05, 3.63) is 29.8 Å². The van der Waals surface area contributed by atoms with E-state index in [9.17, 15) is 0 Å². The summed E-state index contributed by atoms with van der Waals surface area (Å²) in [6, 6.07) is 8.30. The lowest BCUT2D eigenvalue weighted by molar-refractivity contribution is 0.235. The Morgan fingerprint density at radius 3 is 3.16 bits per heavy atom. The van der Waals surface area contributed by atoms with Crippen LogP contribution in [-0.2, 0) is 6.42 Å². The van der Waals surface area contributed by atoms with Crippen LogP contribution in [-0.4, -0.2) is 29.6 Å². The molecule has 0 radical (unpaired) electrons. The van der Waals surface area contributed by atoms with Gasteiger partial charge in [0, 0.05) is 11.7 Å². The molecule has 0 fully saturated rings. The summed E-state index contributed by atoms with van der Waals surface area (Å²) in [6.07, 6.45) is 3.73. The molecule has 4 heteroatoms. The SMILES string of the molecule is CCCC1CN=C(NCC2Cc3ccccc3O2)S1. The first-order chi connectivity index (χ1) is 9.35. The predicted molar refractivity (Wildman–Crippen MR) is 81.2 cm³/mol. The largest absolute Gasteiger partial charge is 0.488 e. The molecule has 2 aliphatic rings. The molecule has 0 aliphatic carbocycles. The Bertz CT molecular complexity index is 450. The zero-order valence-corrected chi connectivity index (χ0v) is 12.1. The lowest BCUT2D eigenvalue weighted by Gasteiger charge is -2.13. The molecular weight excluding hydrogens is 256 g/mol. The summed E-state index contributed by atoms with van der Waals surface area (Å²) < 4.78 is 5.91. The maximum absolute atomic E-state index is 5.91. The number of rotatable bonds is 4. The van der Waals surface area contributed by atoms with Crippen molar-refractivity contribution >= 4 is 16.9 Å². The van der Waals surface area contributed by atoms with Gasteiger partial charge in [0.1, 0.15) is 11.9 Å². The van der Waals surface area contributed by atoms with Crippen LogP contribution in [0.5, 0.6) is 5.75 Å². The number of amidine groups is 1. The Balaban J connectivity index is 1.45. The average Bonchev–Trinajstić information content (AvgIpc) is 3.02. The number of hydrogen-bond donors (Lipinski definition) is 1. The first-order valence-corrected chi connectivity index (χ1v) is 7.92. The van der Waals surface area contributed by atoms with E-state index in [1.54, 1.807) is 0 Å². The van der Waals surface area contributed by atoms with E-state index in [4.69, 9.17) is 4.74 Å². The van der Waals surface area contributed by atoms with Crippen molar-refractivity contribution in [2.24, 2.45) is 4.99 Å². The third-order valence-electron chi connectivity index (χ3n) is 3.52. The zero-order valence-electron chi connectivity index (χ0n) is 11.3. The number of hydrogen-bond acceptors (Lipinski definition) is 4. The summed E-state index contributed by atoms with van der Waals surface area (Å²) in [6.45, 7) is 4.04. The molecule has 19 heavy (non-hydrogen) atoms. The standard InChI is InChI=1S/C15H20N2OS/c1-2-5-13-10-17-15(19-13)16-9-12-8-11-6-3-4-7-14(11)18-12/h3-4,6-7,12-13H,2,5,8-10H2,1H3,(H,16,17). The maximum Gasteiger partial charge on any atom is 0.157 e. The number of thioether (sulfide) groups is 1. The van der Waals surface area contributed by atoms with Gasteiger partial charge in [-0.25, -0.2) is 0 Å². The van der Waals surface area contributed by atoms with Crippen molar-refractivity contribution in [1.82, 2.24) is 5.32 Å². The highest BCUT2D eigenvalue weighted by atomic mass is 32.2. The highest BCUT2D eigenvalue weighted by Gasteiger charge is 2.24. The number of para-hydroxylation sites is 1. The molecule has 1 aromatic rings. The molecule has 0 bridgehead atoms. The van der Waals surface area contributed by atoms with Gasteiger partial charge < -0.3 is 10.1 Å². The molecule has 0 spiro atoms. The van der Waals surface area contributed by atoms with E-state index in [1.165, 1.54) is 18.4 Å². The molecule has 102 valence electrons. The summed E-state index contributed by atoms with van der Waals surface area (Å²) in [7, 11) is 0. The van der Waals surface area contributed by atoms with Gasteiger partial charge in [0.25, 0.3) is 0 Å². The molecule has 2 aliphatic heterocycles. The van der Waals surface area contributed by atoms with E-state index in [2.05, 4.69) is 35.4 Å². The van der Waals surface area contributed by atoms with Crippen LogP contribution in [0.1, 0.15) is 25.3 Å². The van der Waals surface area contributed by atoms with Gasteiger partial charge in [0.15, 0.2) is 5.17 Å². The van der Waals surface area contributed by atoms with Crippen LogP contribution < -0.4 is 10.1 Å². The Morgan fingerprint density at radius 2 is 2.32 bits per heavy atom. The van der Waals surface area contributed by atoms with E-state index in [-0.39, 0.29) is 6.10 Å². The Morgan fingerprint density at radius 1 is 1.42 bits per heavy atom. The fourth-order valence-corrected chi connectivity index (χ4v) is 3.69. The zero-order chi connectivity index (χ0) is 13.1. The first-order valence-electron chi connectivity index (χ1n) is 7.04. The van der Waals surface area contributed by atoms with Gasteiger partial charge in [0.05, 0.1) is 13.1 Å². The van der Waals surface area contributed by atoms with Gasteiger partial charge in [0.2, 0.25) is 0 Å². The Hall–Kier alpha value is -1.16. The van der Waals surface area contributed by atoms with Crippen molar-refractivity contribution in [2.45, 2.75) is 37.5 Å². The highest BCUT2D eigenvalue weighted by Crippen LogP contribution is 2.28. The predicted octanol–water partition coefficient (Wildman–Crippen LogP) is 2.85. The van der Waals surface area contributed by atoms with Crippen molar-refractivity contribution in [3.63, 3.8) is 0 Å². The molecular formula is C15H20N2OS. The van der Waals surface area contributed by atoms with Gasteiger partial charge in [-0.3, -0.25) is 4.99 Å². The topological polar surface area (TPSA) is 33.6 Å². The molecule has 3 nitrogen and oxygen atoms in total. The Kier molecular flexibility index (Phi) is 3.97. The second-order valence-corrected chi connectivity index (χ2v) is 6.40. The minimum atomic E-state index is 0.242. The summed E-state index contributed by atoms with van der Waals surface area (Å²) in [5.74, 6) is 1.04. The van der Waals surface area contributed by atoms with Crippen LogP contribution in [0.15, 0.2) is 29.3 Å². The van der Waals surface area contributed by atoms with Crippen LogP contribution >= 0.6 is 11.8 Å². The third-order valence-corrected chi connectivity index (χ3v) is 4.74. The van der Waals surface area contributed by atoms with Gasteiger partial charge in [-0.15, -0.1) is 0 Å². The van der Waals surface area contributed by atoms with Crippen LogP contribution in [0.4, 0.5) is 0 Å². The van der Waals surface area contributed by atoms with Crippen molar-refractivity contribution in [3.8, 4) is 5.75 Å². The molecule has 1 N–H and O–H groups in total. The minimum Gasteiger partial charge on any atom is -0.488 e. The highest BCUT2D eigenvalue weighted by molar-refractivity contribution is 8.14.